The highest BCUT2D eigenvalue weighted by Gasteiger charge is 2.40. The van der Waals surface area contributed by atoms with Crippen LogP contribution in [0.5, 0.6) is 0 Å². The van der Waals surface area contributed by atoms with Crippen molar-refractivity contribution in [2.24, 2.45) is 0 Å². The minimum Gasteiger partial charge on any atom is -0.462 e. The van der Waals surface area contributed by atoms with Gasteiger partial charge >= 0.3 is 12.1 Å². The van der Waals surface area contributed by atoms with Crippen LogP contribution in [-0.4, -0.2) is 32.1 Å². The summed E-state index contributed by atoms with van der Waals surface area (Å²) in [7, 11) is 0.956. The van der Waals surface area contributed by atoms with E-state index in [1.165, 1.54) is 24.3 Å². The summed E-state index contributed by atoms with van der Waals surface area (Å²) >= 11 is 0. The third kappa shape index (κ3) is 4.44. The lowest BCUT2D eigenvalue weighted by molar-refractivity contribution is -0.202. The van der Waals surface area contributed by atoms with Gasteiger partial charge in [0, 0.05) is 12.8 Å². The van der Waals surface area contributed by atoms with Crippen molar-refractivity contribution >= 4 is 11.7 Å². The summed E-state index contributed by atoms with van der Waals surface area (Å²) in [6.45, 7) is 1.90. The van der Waals surface area contributed by atoms with Crippen molar-refractivity contribution in [3.8, 4) is 0 Å². The molecule has 19 heavy (non-hydrogen) atoms. The molecular weight excluding hydrogens is 263 g/mol. The minimum absolute atomic E-state index is 0.192. The van der Waals surface area contributed by atoms with Gasteiger partial charge in [-0.15, -0.1) is 0 Å². The first kappa shape index (κ1) is 15.3. The number of halogens is 3. The normalized spacial score (nSPS) is 12.9. The van der Waals surface area contributed by atoms with E-state index in [-0.39, 0.29) is 17.9 Å². The Labute approximate surface area is 108 Å². The van der Waals surface area contributed by atoms with Crippen molar-refractivity contribution in [3.05, 3.63) is 29.8 Å². The number of anilines is 1. The second-order valence-corrected chi connectivity index (χ2v) is 3.60. The standard InChI is InChI=1S/C12H14F3NO3/c1-3-19-10(17)8-4-6-9(7-5-8)16-11(18-2)12(13,14)15/h4-7,11,16H,3H2,1-2H3. The fourth-order valence-electron chi connectivity index (χ4n) is 1.34. The Bertz CT molecular complexity index is 417. The van der Waals surface area contributed by atoms with Gasteiger partial charge < -0.3 is 14.8 Å². The first-order valence-corrected chi connectivity index (χ1v) is 5.51. The lowest BCUT2D eigenvalue weighted by Crippen LogP contribution is -2.37. The molecule has 0 spiro atoms. The fraction of sp³-hybridized carbons (Fsp3) is 0.417. The molecule has 0 heterocycles. The van der Waals surface area contributed by atoms with Crippen LogP contribution in [0.4, 0.5) is 18.9 Å². The van der Waals surface area contributed by atoms with E-state index in [0.29, 0.717) is 0 Å². The van der Waals surface area contributed by atoms with Gasteiger partial charge in [-0.2, -0.15) is 13.2 Å². The Kier molecular flexibility index (Phi) is 5.17. The van der Waals surface area contributed by atoms with E-state index in [1.54, 1.807) is 6.92 Å². The molecular formula is C12H14F3NO3. The van der Waals surface area contributed by atoms with Gasteiger partial charge in [-0.1, -0.05) is 0 Å². The van der Waals surface area contributed by atoms with E-state index < -0.39 is 18.4 Å². The number of carbonyl (C=O) groups is 1. The summed E-state index contributed by atoms with van der Waals surface area (Å²) in [4.78, 5) is 11.3. The predicted octanol–water partition coefficient (Wildman–Crippen LogP) is 2.81. The van der Waals surface area contributed by atoms with Gasteiger partial charge in [0.15, 0.2) is 0 Å². The van der Waals surface area contributed by atoms with E-state index >= 15 is 0 Å². The molecule has 1 N–H and O–H groups in total. The average Bonchev–Trinajstić information content (AvgIpc) is 2.35. The molecule has 0 aromatic heterocycles. The molecule has 1 rings (SSSR count). The highest BCUT2D eigenvalue weighted by atomic mass is 19.4. The second kappa shape index (κ2) is 6.42. The summed E-state index contributed by atoms with van der Waals surface area (Å²) in [5.41, 5.74) is 0.464. The maximum absolute atomic E-state index is 12.5. The molecule has 0 radical (unpaired) electrons. The largest absolute Gasteiger partial charge is 0.462 e. The average molecular weight is 277 g/mol. The SMILES string of the molecule is CCOC(=O)c1ccc(NC(OC)C(F)(F)F)cc1. The van der Waals surface area contributed by atoms with E-state index in [1.807, 2.05) is 0 Å². The van der Waals surface area contributed by atoms with Crippen LogP contribution in [0.15, 0.2) is 24.3 Å². The van der Waals surface area contributed by atoms with Gasteiger partial charge in [0.05, 0.1) is 12.2 Å². The third-order valence-electron chi connectivity index (χ3n) is 2.23. The van der Waals surface area contributed by atoms with E-state index in [4.69, 9.17) is 4.74 Å². The molecule has 0 aliphatic heterocycles. The Morgan fingerprint density at radius 3 is 2.32 bits per heavy atom. The molecule has 7 heteroatoms. The molecule has 1 unspecified atom stereocenters. The molecule has 0 saturated heterocycles. The van der Waals surface area contributed by atoms with E-state index in [0.717, 1.165) is 7.11 Å². The van der Waals surface area contributed by atoms with Crippen LogP contribution < -0.4 is 5.32 Å². The van der Waals surface area contributed by atoms with Crippen molar-refractivity contribution < 1.29 is 27.4 Å². The molecule has 106 valence electrons. The molecule has 0 saturated carbocycles. The highest BCUT2D eigenvalue weighted by Crippen LogP contribution is 2.24. The molecule has 1 atom stereocenters. The van der Waals surface area contributed by atoms with Gasteiger partial charge in [-0.25, -0.2) is 4.79 Å². The van der Waals surface area contributed by atoms with Crippen LogP contribution in [0.1, 0.15) is 17.3 Å². The number of methoxy groups -OCH3 is 1. The van der Waals surface area contributed by atoms with Crippen LogP contribution in [-0.2, 0) is 9.47 Å². The van der Waals surface area contributed by atoms with Crippen LogP contribution in [0.2, 0.25) is 0 Å². The third-order valence-corrected chi connectivity index (χ3v) is 2.23. The lowest BCUT2D eigenvalue weighted by Gasteiger charge is -2.20. The number of hydrogen-bond acceptors (Lipinski definition) is 4. The Hall–Kier alpha value is -1.76. The molecule has 0 fully saturated rings. The Morgan fingerprint density at radius 2 is 1.89 bits per heavy atom. The predicted molar refractivity (Wildman–Crippen MR) is 62.9 cm³/mol. The molecule has 0 bridgehead atoms. The monoisotopic (exact) mass is 277 g/mol. The quantitative estimate of drug-likeness (QED) is 0.664. The molecule has 0 amide bonds. The number of nitrogens with one attached hydrogen (secondary N) is 1. The minimum atomic E-state index is -4.52. The maximum atomic E-state index is 12.5. The van der Waals surface area contributed by atoms with E-state index in [2.05, 4.69) is 10.1 Å². The summed E-state index contributed by atoms with van der Waals surface area (Å²) in [5.74, 6) is -0.520. The summed E-state index contributed by atoms with van der Waals surface area (Å²) < 4.78 is 46.4. The molecule has 1 aromatic rings. The van der Waals surface area contributed by atoms with Gasteiger partial charge in [0.25, 0.3) is 0 Å². The summed E-state index contributed by atoms with van der Waals surface area (Å²) in [5, 5.41) is 2.17. The van der Waals surface area contributed by atoms with Gasteiger partial charge in [-0.3, -0.25) is 0 Å². The molecule has 1 aromatic carbocycles. The van der Waals surface area contributed by atoms with Gasteiger partial charge in [-0.05, 0) is 31.2 Å². The smallest absolute Gasteiger partial charge is 0.433 e. The van der Waals surface area contributed by atoms with Crippen molar-refractivity contribution in [2.75, 3.05) is 19.0 Å². The molecule has 4 nitrogen and oxygen atoms in total. The topological polar surface area (TPSA) is 47.6 Å². The zero-order valence-corrected chi connectivity index (χ0v) is 10.5. The number of esters is 1. The van der Waals surface area contributed by atoms with Crippen molar-refractivity contribution in [1.82, 2.24) is 0 Å². The summed E-state index contributed by atoms with van der Waals surface area (Å²) in [6, 6.07) is 5.46. The van der Waals surface area contributed by atoms with Crippen molar-refractivity contribution in [1.29, 1.82) is 0 Å². The summed E-state index contributed by atoms with van der Waals surface area (Å²) in [6.07, 6.45) is -6.62. The Balaban J connectivity index is 2.74. The van der Waals surface area contributed by atoms with Crippen molar-refractivity contribution in [3.63, 3.8) is 0 Å². The first-order valence-electron chi connectivity index (χ1n) is 5.51. The fourth-order valence-corrected chi connectivity index (χ4v) is 1.34. The Morgan fingerprint density at radius 1 is 1.32 bits per heavy atom. The molecule has 0 aliphatic rings. The number of ether oxygens (including phenoxy) is 2. The second-order valence-electron chi connectivity index (χ2n) is 3.60. The maximum Gasteiger partial charge on any atom is 0.433 e. The van der Waals surface area contributed by atoms with E-state index in [9.17, 15) is 18.0 Å². The first-order chi connectivity index (χ1) is 8.88. The van der Waals surface area contributed by atoms with Crippen LogP contribution >= 0.6 is 0 Å². The highest BCUT2D eigenvalue weighted by molar-refractivity contribution is 5.89. The van der Waals surface area contributed by atoms with Crippen LogP contribution in [0, 0.1) is 0 Å². The zero-order valence-electron chi connectivity index (χ0n) is 10.5. The van der Waals surface area contributed by atoms with Crippen LogP contribution in [0.3, 0.4) is 0 Å². The molecule has 0 aliphatic carbocycles. The number of hydrogen-bond donors (Lipinski definition) is 1. The van der Waals surface area contributed by atoms with Gasteiger partial charge in [0.2, 0.25) is 6.23 Å². The lowest BCUT2D eigenvalue weighted by atomic mass is 10.2. The number of benzene rings is 1. The van der Waals surface area contributed by atoms with Crippen LogP contribution in [0.25, 0.3) is 0 Å². The zero-order chi connectivity index (χ0) is 14.5. The van der Waals surface area contributed by atoms with Crippen molar-refractivity contribution in [2.45, 2.75) is 19.3 Å². The number of carbonyl (C=O) groups excluding carboxylic acids is 1. The number of rotatable bonds is 5. The van der Waals surface area contributed by atoms with Gasteiger partial charge in [0.1, 0.15) is 0 Å². The number of alkyl halides is 3.